The van der Waals surface area contributed by atoms with Crippen LogP contribution < -0.4 is 10.2 Å². The molecule has 1 heterocycles. The fourth-order valence-electron chi connectivity index (χ4n) is 5.35. The molecule has 1 amide bonds. The van der Waals surface area contributed by atoms with Gasteiger partial charge in [-0.25, -0.2) is 8.78 Å². The molecular formula is C30H37F4N3O2. The number of nitrogens with one attached hydrogen (secondary N) is 2. The number of hydrogen-bond donors (Lipinski definition) is 2. The summed E-state index contributed by atoms with van der Waals surface area (Å²) in [5.41, 5.74) is 2.26. The maximum Gasteiger partial charge on any atom is 0.352 e. The van der Waals surface area contributed by atoms with Crippen LogP contribution in [-0.4, -0.2) is 29.9 Å². The van der Waals surface area contributed by atoms with Crippen molar-refractivity contribution in [3.05, 3.63) is 64.2 Å². The summed E-state index contributed by atoms with van der Waals surface area (Å²) >= 11 is 0. The quantitative estimate of drug-likeness (QED) is 0.213. The molecule has 0 bridgehead atoms. The highest BCUT2D eigenvalue weighted by Gasteiger charge is 2.38. The van der Waals surface area contributed by atoms with Crippen molar-refractivity contribution < 1.29 is 27.1 Å². The molecule has 0 aromatic heterocycles. The molecule has 4 rings (SSSR count). The van der Waals surface area contributed by atoms with Gasteiger partial charge in [0.25, 0.3) is 11.8 Å². The highest BCUT2D eigenvalue weighted by Crippen LogP contribution is 2.39. The van der Waals surface area contributed by atoms with Gasteiger partial charge >= 0.3 is 6.11 Å². The smallest absolute Gasteiger partial charge is 0.320 e. The zero-order valence-corrected chi connectivity index (χ0v) is 23.0. The summed E-state index contributed by atoms with van der Waals surface area (Å²) in [4.78, 5) is 15.0. The Bertz CT molecular complexity index is 1230. The lowest BCUT2D eigenvalue weighted by Gasteiger charge is -2.39. The first-order chi connectivity index (χ1) is 18.2. The van der Waals surface area contributed by atoms with Gasteiger partial charge in [-0.05, 0) is 73.6 Å². The number of halogens is 4. The Hall–Kier alpha value is -2.78. The number of fused-ring (bicyclic) bond motifs is 1. The van der Waals surface area contributed by atoms with E-state index in [1.165, 1.54) is 11.0 Å². The van der Waals surface area contributed by atoms with E-state index in [-0.39, 0.29) is 41.4 Å². The Morgan fingerprint density at radius 3 is 2.49 bits per heavy atom. The minimum absolute atomic E-state index is 0.0160. The molecule has 0 radical (unpaired) electrons. The number of rotatable bonds is 12. The Morgan fingerprint density at radius 1 is 1.18 bits per heavy atom. The van der Waals surface area contributed by atoms with Crippen molar-refractivity contribution in [2.45, 2.75) is 96.4 Å². The molecule has 0 saturated heterocycles. The molecule has 5 nitrogen and oxygen atoms in total. The zero-order chi connectivity index (χ0) is 28.6. The molecule has 1 atom stereocenters. The minimum Gasteiger partial charge on any atom is -0.320 e. The van der Waals surface area contributed by atoms with Gasteiger partial charge in [-0.2, -0.15) is 8.78 Å². The third kappa shape index (κ3) is 6.69. The van der Waals surface area contributed by atoms with E-state index in [9.17, 15) is 22.4 Å². The Kier molecular flexibility index (Phi) is 8.24. The Morgan fingerprint density at radius 2 is 1.90 bits per heavy atom. The summed E-state index contributed by atoms with van der Waals surface area (Å²) in [6, 6.07) is 9.93. The van der Waals surface area contributed by atoms with E-state index in [2.05, 4.69) is 12.2 Å². The highest BCUT2D eigenvalue weighted by atomic mass is 19.3. The van der Waals surface area contributed by atoms with E-state index >= 15 is 0 Å². The van der Waals surface area contributed by atoms with Gasteiger partial charge in [-0.3, -0.25) is 4.79 Å². The van der Waals surface area contributed by atoms with Crippen LogP contribution in [0, 0.1) is 5.41 Å². The average molecular weight is 548 g/mol. The second-order valence-corrected chi connectivity index (χ2v) is 11.3. The molecule has 2 aromatic carbocycles. The fourth-order valence-corrected chi connectivity index (χ4v) is 5.35. The van der Waals surface area contributed by atoms with Gasteiger partial charge in [0, 0.05) is 54.4 Å². The van der Waals surface area contributed by atoms with Gasteiger partial charge in [-0.1, -0.05) is 25.5 Å². The van der Waals surface area contributed by atoms with Crippen LogP contribution in [0.2, 0.25) is 0 Å². The van der Waals surface area contributed by atoms with Crippen molar-refractivity contribution in [3.63, 3.8) is 0 Å². The summed E-state index contributed by atoms with van der Waals surface area (Å²) in [5.74, 6) is -4.25. The van der Waals surface area contributed by atoms with Crippen molar-refractivity contribution in [2.24, 2.45) is 0 Å². The van der Waals surface area contributed by atoms with Crippen molar-refractivity contribution >= 4 is 17.3 Å². The van der Waals surface area contributed by atoms with Gasteiger partial charge in [0.15, 0.2) is 0 Å². The van der Waals surface area contributed by atoms with E-state index in [1.54, 1.807) is 30.3 Å². The molecule has 1 unspecified atom stereocenters. The highest BCUT2D eigenvalue weighted by molar-refractivity contribution is 6.10. The topological polar surface area (TPSA) is 65.4 Å². The molecule has 1 fully saturated rings. The number of ether oxygens (including phenoxy) is 1. The predicted molar refractivity (Wildman–Crippen MR) is 144 cm³/mol. The molecule has 1 saturated carbocycles. The fraction of sp³-hybridized carbons (Fsp3) is 0.533. The molecule has 212 valence electrons. The average Bonchev–Trinajstić information content (AvgIpc) is 3.16. The van der Waals surface area contributed by atoms with E-state index in [4.69, 9.17) is 10.1 Å². The van der Waals surface area contributed by atoms with Crippen LogP contribution in [0.5, 0.6) is 0 Å². The first kappa shape index (κ1) is 29.2. The van der Waals surface area contributed by atoms with E-state index < -0.39 is 17.9 Å². The summed E-state index contributed by atoms with van der Waals surface area (Å²) < 4.78 is 61.2. The van der Waals surface area contributed by atoms with Crippen molar-refractivity contribution in [1.29, 1.82) is 5.41 Å². The maximum absolute atomic E-state index is 14.8. The normalized spacial score (nSPS) is 17.6. The van der Waals surface area contributed by atoms with Gasteiger partial charge in [0.05, 0.1) is 13.2 Å². The summed E-state index contributed by atoms with van der Waals surface area (Å²) in [5, 5.41) is 11.9. The van der Waals surface area contributed by atoms with Gasteiger partial charge in [0.1, 0.15) is 0 Å². The van der Waals surface area contributed by atoms with Crippen LogP contribution in [0.25, 0.3) is 0 Å². The molecule has 1 aliphatic heterocycles. The SMILES string of the molecule is CCCC(=N)C(COC(C)(F)F)c1cccc(N2Cc3c(cc(CNC4(C)CCC4)cc3C(C)(F)F)C2=O)c1. The third-order valence-corrected chi connectivity index (χ3v) is 7.78. The standard InChI is InChI=1S/C30H37F4N3O2/c1-5-8-26(35)24(18-39-30(4,33)34)20-9-6-10-21(15-20)37-17-23-22(27(37)38)13-19(14-25(23)29(3,31)32)16-36-28(2)11-7-12-28/h6,9-10,13-15,24,35-36H,5,7-8,11-12,16-18H2,1-4H3. The molecule has 1 aliphatic carbocycles. The number of anilines is 1. The number of carbonyl (C=O) groups excluding carboxylic acids is 1. The lowest BCUT2D eigenvalue weighted by Crippen LogP contribution is -2.47. The third-order valence-electron chi connectivity index (χ3n) is 7.78. The van der Waals surface area contributed by atoms with Gasteiger partial charge in [-0.15, -0.1) is 0 Å². The second-order valence-electron chi connectivity index (χ2n) is 11.3. The maximum atomic E-state index is 14.8. The number of alkyl halides is 4. The van der Waals surface area contributed by atoms with Crippen LogP contribution >= 0.6 is 0 Å². The Balaban J connectivity index is 1.64. The lowest BCUT2D eigenvalue weighted by molar-refractivity contribution is -0.224. The number of benzene rings is 2. The number of carbonyl (C=O) groups is 1. The van der Waals surface area contributed by atoms with E-state index in [0.717, 1.165) is 26.2 Å². The lowest BCUT2D eigenvalue weighted by atomic mass is 9.78. The number of amides is 1. The molecule has 2 N–H and O–H groups in total. The van der Waals surface area contributed by atoms with Crippen LogP contribution in [0.3, 0.4) is 0 Å². The van der Waals surface area contributed by atoms with Crippen molar-refractivity contribution in [3.8, 4) is 0 Å². The first-order valence-corrected chi connectivity index (χ1v) is 13.5. The van der Waals surface area contributed by atoms with Crippen LogP contribution in [-0.2, 0) is 23.7 Å². The second kappa shape index (κ2) is 11.0. The number of hydrogen-bond acceptors (Lipinski definition) is 4. The van der Waals surface area contributed by atoms with Gasteiger partial charge in [0.2, 0.25) is 0 Å². The molecule has 2 aromatic rings. The minimum atomic E-state index is -3.35. The Labute approximate surface area is 227 Å². The molecular weight excluding hydrogens is 510 g/mol. The molecule has 39 heavy (non-hydrogen) atoms. The largest absolute Gasteiger partial charge is 0.352 e. The van der Waals surface area contributed by atoms with Crippen LogP contribution in [0.1, 0.15) is 98.3 Å². The number of nitrogens with zero attached hydrogens (tertiary/aromatic N) is 1. The summed E-state index contributed by atoms with van der Waals surface area (Å²) in [6.07, 6.45) is 0.905. The van der Waals surface area contributed by atoms with Crippen LogP contribution in [0.4, 0.5) is 23.2 Å². The summed E-state index contributed by atoms with van der Waals surface area (Å²) in [7, 11) is 0. The molecule has 9 heteroatoms. The van der Waals surface area contributed by atoms with Gasteiger partial charge < -0.3 is 20.4 Å². The summed E-state index contributed by atoms with van der Waals surface area (Å²) in [6.45, 7) is 5.48. The van der Waals surface area contributed by atoms with Crippen LogP contribution in [0.15, 0.2) is 36.4 Å². The van der Waals surface area contributed by atoms with E-state index in [0.29, 0.717) is 48.7 Å². The zero-order valence-electron chi connectivity index (χ0n) is 23.0. The predicted octanol–water partition coefficient (Wildman–Crippen LogP) is 7.52. The van der Waals surface area contributed by atoms with Crippen molar-refractivity contribution in [1.82, 2.24) is 5.32 Å². The van der Waals surface area contributed by atoms with E-state index in [1.807, 2.05) is 6.92 Å². The first-order valence-electron chi connectivity index (χ1n) is 13.5. The van der Waals surface area contributed by atoms with Crippen molar-refractivity contribution in [2.75, 3.05) is 11.5 Å². The monoisotopic (exact) mass is 547 g/mol. The molecule has 0 spiro atoms. The molecule has 2 aliphatic rings.